The standard InChI is InChI=1S/C86H72N4O2/c1-52-21-18-22-53(2)81(52)55-33-36-67-65-25-12-13-26-66(65)74-45-56(54-34-38-79-73(43-54)70-28-15-17-32-78(70)92-79)46-77-83(74)89(82-64(29-20-30-71(82)72(67)44-55)57-41-59(85(6,7)8)47-60(42-57)86(9,10)11)51-88(77)61-23-19-24-62(49-61)91-63-35-37-69-68-27-14-16-31-75(68)90(76(69)50-63)80-48-58(39-40-87-80)84(3,4)5/h12-50H,1-11H3/i1D3,2D3. The van der Waals surface area contributed by atoms with E-state index in [4.69, 9.17) is 22.4 Å². The van der Waals surface area contributed by atoms with Gasteiger partial charge in [0, 0.05) is 42.0 Å². The van der Waals surface area contributed by atoms with Crippen molar-refractivity contribution in [2.75, 3.05) is 0 Å². The first-order chi connectivity index (χ1) is 46.7. The molecule has 448 valence electrons. The number of fused-ring (bicyclic) bond motifs is 13. The zero-order chi connectivity index (χ0) is 68.1. The number of aryl methyl sites for hydroxylation is 2. The lowest BCUT2D eigenvalue weighted by Gasteiger charge is -2.27. The second-order valence-electron chi connectivity index (χ2n) is 27.8. The van der Waals surface area contributed by atoms with Crippen LogP contribution in [0.1, 0.15) is 98.4 Å². The summed E-state index contributed by atoms with van der Waals surface area (Å²) in [5.41, 5.74) is 19.8. The molecule has 92 heavy (non-hydrogen) atoms. The minimum Gasteiger partial charge on any atom is -0.458 e. The number of para-hydroxylation sites is 3. The summed E-state index contributed by atoms with van der Waals surface area (Å²) in [5.74, 6) is 2.10. The number of imidazole rings is 1. The molecule has 4 aromatic heterocycles. The van der Waals surface area contributed by atoms with Crippen LogP contribution in [0.3, 0.4) is 0 Å². The molecule has 11 aromatic carbocycles. The Morgan fingerprint density at radius 3 is 1.83 bits per heavy atom. The lowest BCUT2D eigenvalue weighted by atomic mass is 9.78. The first-order valence-electron chi connectivity index (χ1n) is 34.7. The largest absolute Gasteiger partial charge is 0.458 e. The van der Waals surface area contributed by atoms with Gasteiger partial charge in [0.1, 0.15) is 28.5 Å². The Balaban J connectivity index is 0.988. The molecule has 0 aliphatic carbocycles. The van der Waals surface area contributed by atoms with Gasteiger partial charge in [-0.25, -0.2) is 4.98 Å². The van der Waals surface area contributed by atoms with E-state index in [1.165, 1.54) is 34.9 Å². The van der Waals surface area contributed by atoms with Gasteiger partial charge in [-0.05, 0) is 203 Å². The second kappa shape index (κ2) is 21.0. The fraction of sp³-hybridized carbons (Fsp3) is 0.163. The summed E-state index contributed by atoms with van der Waals surface area (Å²) in [6.07, 6.45) is 5.97. The highest BCUT2D eigenvalue weighted by Crippen LogP contribution is 2.49. The van der Waals surface area contributed by atoms with E-state index in [1.54, 1.807) is 0 Å². The molecule has 16 rings (SSSR count). The van der Waals surface area contributed by atoms with Crippen LogP contribution in [0.5, 0.6) is 11.5 Å². The van der Waals surface area contributed by atoms with Gasteiger partial charge in [-0.3, -0.25) is 13.7 Å². The van der Waals surface area contributed by atoms with Gasteiger partial charge < -0.3 is 9.15 Å². The van der Waals surface area contributed by atoms with Gasteiger partial charge in [-0.1, -0.05) is 208 Å². The van der Waals surface area contributed by atoms with Crippen molar-refractivity contribution in [2.45, 2.75) is 92.3 Å². The Morgan fingerprint density at radius 1 is 0.424 bits per heavy atom. The number of hydrogen-bond acceptors (Lipinski definition) is 3. The lowest BCUT2D eigenvalue weighted by Crippen LogP contribution is -2.32. The highest BCUT2D eigenvalue weighted by atomic mass is 16.5. The summed E-state index contributed by atoms with van der Waals surface area (Å²) in [6, 6.07) is 78.8. The molecule has 15 aromatic rings. The number of ether oxygens (including phenoxy) is 1. The number of nitrogens with zero attached hydrogens (tertiary/aromatic N) is 4. The summed E-state index contributed by atoms with van der Waals surface area (Å²) in [7, 11) is 0. The molecule has 5 heterocycles. The smallest absolute Gasteiger partial charge is 0.269 e. The molecule has 6 nitrogen and oxygen atoms in total. The molecule has 0 saturated heterocycles. The van der Waals surface area contributed by atoms with Crippen molar-refractivity contribution in [1.29, 1.82) is 0 Å². The number of benzene rings is 11. The minimum absolute atomic E-state index is 0.0330. The van der Waals surface area contributed by atoms with Gasteiger partial charge in [0.25, 0.3) is 6.33 Å². The second-order valence-corrected chi connectivity index (χ2v) is 27.8. The highest BCUT2D eigenvalue weighted by molar-refractivity contribution is 6.10. The van der Waals surface area contributed by atoms with E-state index in [1.807, 2.05) is 60.8 Å². The van der Waals surface area contributed by atoms with Crippen molar-refractivity contribution < 1.29 is 21.9 Å². The van der Waals surface area contributed by atoms with Gasteiger partial charge >= 0.3 is 0 Å². The molecule has 0 N–H and O–H groups in total. The van der Waals surface area contributed by atoms with E-state index in [2.05, 4.69) is 240 Å². The third kappa shape index (κ3) is 9.45. The molecule has 0 radical (unpaired) electrons. The van der Waals surface area contributed by atoms with Crippen molar-refractivity contribution in [3.05, 3.63) is 271 Å². The Kier molecular flexibility index (Phi) is 11.5. The average Bonchev–Trinajstić information content (AvgIpc) is 1.52. The van der Waals surface area contributed by atoms with E-state index < -0.39 is 13.7 Å². The number of hydrogen-bond donors (Lipinski definition) is 0. The summed E-state index contributed by atoms with van der Waals surface area (Å²) < 4.78 is 73.3. The van der Waals surface area contributed by atoms with E-state index in [0.717, 1.165) is 128 Å². The topological polar surface area (TPSA) is 49.0 Å². The van der Waals surface area contributed by atoms with Crippen LogP contribution in [-0.4, -0.2) is 14.1 Å². The highest BCUT2D eigenvalue weighted by Gasteiger charge is 2.30. The van der Waals surface area contributed by atoms with Gasteiger partial charge in [-0.2, -0.15) is 0 Å². The molecular formula is C86H72N4O2. The Bertz CT molecular complexity index is 5720. The lowest BCUT2D eigenvalue weighted by molar-refractivity contribution is -0.570. The molecule has 1 aliphatic heterocycles. The monoisotopic (exact) mass is 1200 g/mol. The molecule has 0 saturated carbocycles. The normalized spacial score (nSPS) is 13.8. The molecule has 0 bridgehead atoms. The molecule has 0 unspecified atom stereocenters. The number of furan rings is 1. The zero-order valence-corrected chi connectivity index (χ0v) is 53.1. The Morgan fingerprint density at radius 2 is 1.05 bits per heavy atom. The van der Waals surface area contributed by atoms with Crippen molar-refractivity contribution in [3.8, 4) is 95.5 Å². The fourth-order valence-corrected chi connectivity index (χ4v) is 13.8. The van der Waals surface area contributed by atoms with E-state index in [9.17, 15) is 0 Å². The number of rotatable bonds is 7. The van der Waals surface area contributed by atoms with Crippen LogP contribution in [0.25, 0.3) is 139 Å². The maximum absolute atomic E-state index is 8.86. The third-order valence-electron chi connectivity index (χ3n) is 18.7. The van der Waals surface area contributed by atoms with Gasteiger partial charge in [0.15, 0.2) is 0 Å². The van der Waals surface area contributed by atoms with E-state index >= 15 is 0 Å². The number of aromatic nitrogens is 4. The first kappa shape index (κ1) is 50.2. The third-order valence-corrected chi connectivity index (χ3v) is 18.7. The van der Waals surface area contributed by atoms with Crippen LogP contribution >= 0.6 is 0 Å². The van der Waals surface area contributed by atoms with Crippen molar-refractivity contribution in [2.24, 2.45) is 0 Å². The summed E-state index contributed by atoms with van der Waals surface area (Å²) in [6.45, 7) is 14.9. The van der Waals surface area contributed by atoms with E-state index in [-0.39, 0.29) is 32.9 Å². The Hall–Kier alpha value is -10.6. The van der Waals surface area contributed by atoms with Gasteiger partial charge in [0.2, 0.25) is 0 Å². The Labute approximate surface area is 546 Å². The molecular weight excluding hydrogens is 1120 g/mol. The molecule has 6 heteroatoms. The molecule has 0 fully saturated rings. The summed E-state index contributed by atoms with van der Waals surface area (Å²) in [5, 5.41) is 4.24. The molecule has 0 amide bonds. The molecule has 0 atom stereocenters. The van der Waals surface area contributed by atoms with Crippen molar-refractivity contribution in [1.82, 2.24) is 14.1 Å². The maximum Gasteiger partial charge on any atom is 0.269 e. The quantitative estimate of drug-likeness (QED) is 0.118. The SMILES string of the molecule is [2H]C([2H])([2H])c1cccc(C([2H])([2H])[2H])c1-c1ccc2c(c1)-c1cccc(-c3cc(C(C)(C)C)cc(C(C)(C)C)c3)c1-[n+]1[c-]n(-c3cccc(Oc4ccc5c6ccccc6n(-c6cc(C(C)(C)C)ccn6)c5c4)c3)c3cc(-c4ccc5oc6ccccc6c5c4)cc(c31)-c1ccccc1-2. The number of pyridine rings is 1. The fourth-order valence-electron chi connectivity index (χ4n) is 13.8. The average molecular weight is 1200 g/mol. The van der Waals surface area contributed by atoms with Crippen molar-refractivity contribution in [3.63, 3.8) is 0 Å². The maximum atomic E-state index is 8.86. The van der Waals surface area contributed by atoms with Crippen LogP contribution in [0, 0.1) is 20.0 Å². The van der Waals surface area contributed by atoms with Crippen LogP contribution in [0.2, 0.25) is 0 Å². The summed E-state index contributed by atoms with van der Waals surface area (Å²) >= 11 is 0. The minimum atomic E-state index is -2.64. The van der Waals surface area contributed by atoms with Gasteiger partial charge in [0.05, 0.1) is 33.4 Å². The molecule has 1 aliphatic rings. The van der Waals surface area contributed by atoms with Crippen LogP contribution in [0.15, 0.2) is 241 Å². The predicted octanol–water partition coefficient (Wildman–Crippen LogP) is 22.7. The van der Waals surface area contributed by atoms with E-state index in [0.29, 0.717) is 17.1 Å². The van der Waals surface area contributed by atoms with Crippen molar-refractivity contribution >= 4 is 54.8 Å². The zero-order valence-electron chi connectivity index (χ0n) is 59.1. The molecule has 0 spiro atoms. The van der Waals surface area contributed by atoms with Crippen LogP contribution < -0.4 is 9.30 Å². The first-order valence-corrected chi connectivity index (χ1v) is 31.7. The van der Waals surface area contributed by atoms with Crippen LogP contribution in [-0.2, 0) is 16.2 Å². The summed E-state index contributed by atoms with van der Waals surface area (Å²) in [4.78, 5) is 4.96. The van der Waals surface area contributed by atoms with Crippen LogP contribution in [0.4, 0.5) is 0 Å². The van der Waals surface area contributed by atoms with Gasteiger partial charge in [-0.15, -0.1) is 0 Å². The predicted molar refractivity (Wildman–Crippen MR) is 381 cm³/mol.